The first-order valence-electron chi connectivity index (χ1n) is 11.1. The number of rotatable bonds is 12. The summed E-state index contributed by atoms with van der Waals surface area (Å²) < 4.78 is 16.2. The number of nitrogens with zero attached hydrogens (tertiary/aromatic N) is 3. The van der Waals surface area contributed by atoms with E-state index in [-0.39, 0.29) is 12.7 Å². The van der Waals surface area contributed by atoms with Crippen LogP contribution in [0.3, 0.4) is 0 Å². The molecule has 1 atom stereocenters. The van der Waals surface area contributed by atoms with Crippen molar-refractivity contribution < 1.29 is 24.1 Å². The first-order valence-corrected chi connectivity index (χ1v) is 11.1. The number of benzene rings is 1. The molecule has 0 saturated carbocycles. The lowest BCUT2D eigenvalue weighted by Gasteiger charge is -2.34. The van der Waals surface area contributed by atoms with Crippen LogP contribution in [0.25, 0.3) is 0 Å². The smallest absolute Gasteiger partial charge is 0.409 e. The predicted molar refractivity (Wildman–Crippen MR) is 118 cm³/mol. The number of carbonyl (C=O) groups excluding carboxylic acids is 1. The van der Waals surface area contributed by atoms with E-state index < -0.39 is 6.10 Å². The fraction of sp³-hybridized carbons (Fsp3) is 0.682. The van der Waals surface area contributed by atoms with Crippen molar-refractivity contribution in [1.82, 2.24) is 20.0 Å². The van der Waals surface area contributed by atoms with Crippen molar-refractivity contribution in [3.05, 3.63) is 23.8 Å². The van der Waals surface area contributed by atoms with Crippen molar-refractivity contribution in [3.63, 3.8) is 0 Å². The molecular weight excluding hydrogens is 400 g/mol. The number of cyclic esters (lactones) is 1. The van der Waals surface area contributed by atoms with E-state index in [1.54, 1.807) is 12.0 Å². The van der Waals surface area contributed by atoms with Gasteiger partial charge in [-0.3, -0.25) is 4.90 Å². The van der Waals surface area contributed by atoms with E-state index in [0.29, 0.717) is 50.8 Å². The second-order valence-corrected chi connectivity index (χ2v) is 7.96. The molecule has 0 spiro atoms. The van der Waals surface area contributed by atoms with Crippen LogP contribution in [0, 0.1) is 0 Å². The Labute approximate surface area is 184 Å². The Morgan fingerprint density at radius 2 is 1.94 bits per heavy atom. The lowest BCUT2D eigenvalue weighted by atomic mass is 10.2. The number of carbonyl (C=O) groups is 1. The standard InChI is InChI=1S/C22H36N4O5/c1-3-24-8-10-25(11-9-24)16-19(27)17-31-20-5-4-18(14-21(20)29-2)15-23-6-7-26-12-13-30-22(26)28/h4-5,14,19,23,27H,3,6-13,15-17H2,1-2H3. The van der Waals surface area contributed by atoms with Crippen LogP contribution in [-0.2, 0) is 11.3 Å². The number of β-amino-alcohol motifs (C(OH)–C–C–N with tert-alkyl or cyclic N) is 1. The summed E-state index contributed by atoms with van der Waals surface area (Å²) in [6.45, 7) is 11.3. The quantitative estimate of drug-likeness (QED) is 0.461. The Bertz CT molecular complexity index is 696. The van der Waals surface area contributed by atoms with Gasteiger partial charge in [-0.15, -0.1) is 0 Å². The fourth-order valence-corrected chi connectivity index (χ4v) is 3.84. The topological polar surface area (TPSA) is 86.7 Å². The fourth-order valence-electron chi connectivity index (χ4n) is 3.84. The average Bonchev–Trinajstić information content (AvgIpc) is 3.20. The molecule has 2 fully saturated rings. The molecule has 0 radical (unpaired) electrons. The zero-order valence-corrected chi connectivity index (χ0v) is 18.7. The highest BCUT2D eigenvalue weighted by atomic mass is 16.6. The molecule has 0 bridgehead atoms. The number of aliphatic hydroxyl groups is 1. The van der Waals surface area contributed by atoms with Crippen molar-refractivity contribution in [3.8, 4) is 11.5 Å². The molecule has 2 aliphatic heterocycles. The zero-order valence-electron chi connectivity index (χ0n) is 18.7. The minimum atomic E-state index is -0.545. The third kappa shape index (κ3) is 7.24. The van der Waals surface area contributed by atoms with E-state index in [1.165, 1.54) is 0 Å². The molecule has 0 aromatic heterocycles. The highest BCUT2D eigenvalue weighted by molar-refractivity contribution is 5.69. The largest absolute Gasteiger partial charge is 0.493 e. The number of aliphatic hydroxyl groups excluding tert-OH is 1. The van der Waals surface area contributed by atoms with Gasteiger partial charge in [0.05, 0.1) is 13.7 Å². The molecule has 9 nitrogen and oxygen atoms in total. The second-order valence-electron chi connectivity index (χ2n) is 7.96. The molecule has 3 rings (SSSR count). The molecule has 2 saturated heterocycles. The van der Waals surface area contributed by atoms with Gasteiger partial charge >= 0.3 is 6.09 Å². The molecule has 1 amide bonds. The first-order chi connectivity index (χ1) is 15.1. The van der Waals surface area contributed by atoms with E-state index >= 15 is 0 Å². The number of methoxy groups -OCH3 is 1. The molecular formula is C22H36N4O5. The van der Waals surface area contributed by atoms with Crippen LogP contribution in [0.1, 0.15) is 12.5 Å². The molecule has 2 aliphatic rings. The summed E-state index contributed by atoms with van der Waals surface area (Å²) in [4.78, 5) is 17.8. The second kappa shape index (κ2) is 12.1. The minimum absolute atomic E-state index is 0.230. The van der Waals surface area contributed by atoms with Gasteiger partial charge in [0.2, 0.25) is 0 Å². The van der Waals surface area contributed by atoms with Crippen LogP contribution in [-0.4, -0.2) is 111 Å². The van der Waals surface area contributed by atoms with E-state index in [0.717, 1.165) is 38.3 Å². The summed E-state index contributed by atoms with van der Waals surface area (Å²) >= 11 is 0. The van der Waals surface area contributed by atoms with Crippen molar-refractivity contribution in [2.75, 3.05) is 79.2 Å². The number of nitrogens with one attached hydrogen (secondary N) is 1. The van der Waals surface area contributed by atoms with Crippen LogP contribution in [0.2, 0.25) is 0 Å². The summed E-state index contributed by atoms with van der Waals surface area (Å²) in [5, 5.41) is 13.7. The molecule has 9 heteroatoms. The molecule has 174 valence electrons. The van der Waals surface area contributed by atoms with Gasteiger partial charge in [-0.2, -0.15) is 0 Å². The van der Waals surface area contributed by atoms with Crippen molar-refractivity contribution >= 4 is 6.09 Å². The molecule has 31 heavy (non-hydrogen) atoms. The van der Waals surface area contributed by atoms with Crippen LogP contribution < -0.4 is 14.8 Å². The normalized spacial score (nSPS) is 18.8. The van der Waals surface area contributed by atoms with E-state index in [9.17, 15) is 9.90 Å². The van der Waals surface area contributed by atoms with Crippen LogP contribution >= 0.6 is 0 Å². The highest BCUT2D eigenvalue weighted by Crippen LogP contribution is 2.28. The Morgan fingerprint density at radius 3 is 2.61 bits per heavy atom. The van der Waals surface area contributed by atoms with Gasteiger partial charge in [0.15, 0.2) is 11.5 Å². The maximum Gasteiger partial charge on any atom is 0.409 e. The van der Waals surface area contributed by atoms with E-state index in [1.807, 2.05) is 18.2 Å². The Balaban J connectivity index is 1.39. The molecule has 2 heterocycles. The Kier molecular flexibility index (Phi) is 9.20. The SMILES string of the molecule is CCN1CCN(CC(O)COc2ccc(CNCCN3CCOC3=O)cc2OC)CC1. The maximum absolute atomic E-state index is 11.4. The Morgan fingerprint density at radius 1 is 1.16 bits per heavy atom. The number of likely N-dealkylation sites (N-methyl/N-ethyl adjacent to an activating group) is 1. The number of piperazine rings is 1. The molecule has 2 N–H and O–H groups in total. The highest BCUT2D eigenvalue weighted by Gasteiger charge is 2.21. The number of amides is 1. The minimum Gasteiger partial charge on any atom is -0.493 e. The molecule has 1 aromatic rings. The summed E-state index contributed by atoms with van der Waals surface area (Å²) in [5.41, 5.74) is 1.06. The molecule has 0 aliphatic carbocycles. The van der Waals surface area contributed by atoms with Gasteiger partial charge < -0.3 is 34.4 Å². The third-order valence-corrected chi connectivity index (χ3v) is 5.77. The number of hydrogen-bond acceptors (Lipinski definition) is 8. The van der Waals surface area contributed by atoms with Gasteiger partial charge in [0, 0.05) is 52.4 Å². The van der Waals surface area contributed by atoms with Crippen molar-refractivity contribution in [2.24, 2.45) is 0 Å². The van der Waals surface area contributed by atoms with Crippen LogP contribution in [0.4, 0.5) is 4.79 Å². The number of hydrogen-bond donors (Lipinski definition) is 2. The third-order valence-electron chi connectivity index (χ3n) is 5.77. The Hall–Kier alpha value is -2.07. The van der Waals surface area contributed by atoms with Gasteiger partial charge in [-0.1, -0.05) is 13.0 Å². The van der Waals surface area contributed by atoms with Crippen molar-refractivity contribution in [2.45, 2.75) is 19.6 Å². The van der Waals surface area contributed by atoms with Gasteiger partial charge in [-0.05, 0) is 24.2 Å². The van der Waals surface area contributed by atoms with Crippen LogP contribution in [0.5, 0.6) is 11.5 Å². The zero-order chi connectivity index (χ0) is 22.1. The average molecular weight is 437 g/mol. The number of ether oxygens (including phenoxy) is 3. The summed E-state index contributed by atoms with van der Waals surface area (Å²) in [6, 6.07) is 5.79. The van der Waals surface area contributed by atoms with Crippen LogP contribution in [0.15, 0.2) is 18.2 Å². The first kappa shape index (κ1) is 23.6. The maximum atomic E-state index is 11.4. The summed E-state index contributed by atoms with van der Waals surface area (Å²) in [5.74, 6) is 1.27. The monoisotopic (exact) mass is 436 g/mol. The summed E-state index contributed by atoms with van der Waals surface area (Å²) in [7, 11) is 1.61. The lowest BCUT2D eigenvalue weighted by molar-refractivity contribution is 0.0464. The predicted octanol–water partition coefficient (Wildman–Crippen LogP) is 0.614. The molecule has 1 unspecified atom stereocenters. The summed E-state index contributed by atoms with van der Waals surface area (Å²) in [6.07, 6.45) is -0.785. The lowest BCUT2D eigenvalue weighted by Crippen LogP contribution is -2.49. The molecule has 1 aromatic carbocycles. The van der Waals surface area contributed by atoms with Gasteiger partial charge in [0.25, 0.3) is 0 Å². The van der Waals surface area contributed by atoms with Gasteiger partial charge in [0.1, 0.15) is 19.3 Å². The van der Waals surface area contributed by atoms with Gasteiger partial charge in [-0.25, -0.2) is 4.79 Å². The van der Waals surface area contributed by atoms with Crippen molar-refractivity contribution in [1.29, 1.82) is 0 Å². The van der Waals surface area contributed by atoms with E-state index in [4.69, 9.17) is 14.2 Å². The van der Waals surface area contributed by atoms with E-state index in [2.05, 4.69) is 22.0 Å².